The van der Waals surface area contributed by atoms with Crippen LogP contribution in [0, 0.1) is 5.82 Å². The first kappa shape index (κ1) is 19.1. The Bertz CT molecular complexity index is 678. The highest BCUT2D eigenvalue weighted by Crippen LogP contribution is 2.18. The van der Waals surface area contributed by atoms with Gasteiger partial charge in [-0.15, -0.1) is 0 Å². The molecule has 0 aliphatic carbocycles. The number of hydrogen-bond donors (Lipinski definition) is 3. The van der Waals surface area contributed by atoms with Crippen molar-refractivity contribution in [2.24, 2.45) is 0 Å². The molecular weight excluding hydrogens is 319 g/mol. The van der Waals surface area contributed by atoms with E-state index in [1.807, 2.05) is 44.2 Å². The molecule has 1 amide bonds. The van der Waals surface area contributed by atoms with E-state index in [9.17, 15) is 14.3 Å². The number of aliphatic hydroxyl groups is 1. The van der Waals surface area contributed by atoms with Gasteiger partial charge in [-0.25, -0.2) is 4.39 Å². The van der Waals surface area contributed by atoms with Crippen molar-refractivity contribution in [3.63, 3.8) is 0 Å². The second kappa shape index (κ2) is 9.30. The first-order valence-electron chi connectivity index (χ1n) is 8.48. The molecule has 5 heteroatoms. The average molecular weight is 344 g/mol. The number of carbonyl (C=O) groups excluding carboxylic acids is 1. The van der Waals surface area contributed by atoms with Gasteiger partial charge in [0.2, 0.25) is 5.91 Å². The van der Waals surface area contributed by atoms with Crippen LogP contribution in [0.25, 0.3) is 0 Å². The van der Waals surface area contributed by atoms with E-state index in [1.165, 1.54) is 12.1 Å². The third-order valence-corrected chi connectivity index (χ3v) is 3.93. The summed E-state index contributed by atoms with van der Waals surface area (Å²) in [6.45, 7) is 3.89. The molecule has 0 aromatic heterocycles. The summed E-state index contributed by atoms with van der Waals surface area (Å²) in [6, 6.07) is 15.3. The maximum absolute atomic E-state index is 13.1. The van der Waals surface area contributed by atoms with Gasteiger partial charge in [-0.1, -0.05) is 36.4 Å². The molecule has 0 heterocycles. The Labute approximate surface area is 148 Å². The standard InChI is InChI=1S/C20H25FN2O2/c1-14(11-19(24)16-7-4-3-5-8-16)22-15(2)12-20(25)23-18-10-6-9-17(21)13-18/h3-10,13-15,19,22,24H,11-12H2,1-2H3,(H,23,25). The molecule has 0 aliphatic heterocycles. The van der Waals surface area contributed by atoms with Crippen LogP contribution in [0.4, 0.5) is 10.1 Å². The second-order valence-corrected chi connectivity index (χ2v) is 6.39. The fourth-order valence-corrected chi connectivity index (χ4v) is 2.82. The molecule has 0 bridgehead atoms. The number of hydrogen-bond acceptors (Lipinski definition) is 3. The first-order chi connectivity index (χ1) is 11.9. The third kappa shape index (κ3) is 6.64. The highest BCUT2D eigenvalue weighted by Gasteiger charge is 2.16. The molecule has 3 unspecified atom stereocenters. The third-order valence-electron chi connectivity index (χ3n) is 3.93. The van der Waals surface area contributed by atoms with Crippen LogP contribution in [0.3, 0.4) is 0 Å². The lowest BCUT2D eigenvalue weighted by molar-refractivity contribution is -0.116. The number of benzene rings is 2. The lowest BCUT2D eigenvalue weighted by Gasteiger charge is -2.22. The summed E-state index contributed by atoms with van der Waals surface area (Å²) in [7, 11) is 0. The van der Waals surface area contributed by atoms with Crippen molar-refractivity contribution >= 4 is 11.6 Å². The summed E-state index contributed by atoms with van der Waals surface area (Å²) in [5, 5.41) is 16.3. The molecular formula is C20H25FN2O2. The summed E-state index contributed by atoms with van der Waals surface area (Å²) >= 11 is 0. The Hall–Kier alpha value is -2.24. The van der Waals surface area contributed by atoms with Crippen molar-refractivity contribution in [2.75, 3.05) is 5.32 Å². The van der Waals surface area contributed by atoms with E-state index in [0.717, 1.165) is 5.56 Å². The summed E-state index contributed by atoms with van der Waals surface area (Å²) in [5.74, 6) is -0.561. The zero-order chi connectivity index (χ0) is 18.2. The highest BCUT2D eigenvalue weighted by molar-refractivity contribution is 5.91. The minimum atomic E-state index is -0.544. The minimum absolute atomic E-state index is 0.0483. The normalized spacial score (nSPS) is 14.6. The molecule has 4 nitrogen and oxygen atoms in total. The zero-order valence-corrected chi connectivity index (χ0v) is 14.6. The monoisotopic (exact) mass is 344 g/mol. The number of carbonyl (C=O) groups is 1. The molecule has 3 N–H and O–H groups in total. The van der Waals surface area contributed by atoms with Crippen LogP contribution in [-0.2, 0) is 4.79 Å². The van der Waals surface area contributed by atoms with Gasteiger partial charge in [-0.3, -0.25) is 4.79 Å². The molecule has 3 atom stereocenters. The number of aliphatic hydroxyl groups excluding tert-OH is 1. The molecule has 0 spiro atoms. The smallest absolute Gasteiger partial charge is 0.225 e. The molecule has 0 saturated carbocycles. The summed E-state index contributed by atoms with van der Waals surface area (Å²) in [5.41, 5.74) is 1.33. The summed E-state index contributed by atoms with van der Waals surface area (Å²) < 4.78 is 13.1. The molecule has 0 aliphatic rings. The Balaban J connectivity index is 1.77. The molecule has 25 heavy (non-hydrogen) atoms. The number of amides is 1. The van der Waals surface area contributed by atoms with Gasteiger partial charge in [-0.05, 0) is 44.0 Å². The van der Waals surface area contributed by atoms with Crippen LogP contribution in [-0.4, -0.2) is 23.1 Å². The second-order valence-electron chi connectivity index (χ2n) is 6.39. The first-order valence-corrected chi connectivity index (χ1v) is 8.48. The predicted molar refractivity (Wildman–Crippen MR) is 97.7 cm³/mol. The lowest BCUT2D eigenvalue weighted by atomic mass is 10.0. The van der Waals surface area contributed by atoms with Crippen molar-refractivity contribution < 1.29 is 14.3 Å². The summed E-state index contributed by atoms with van der Waals surface area (Å²) in [6.07, 6.45) is 0.277. The number of nitrogens with one attached hydrogen (secondary N) is 2. The van der Waals surface area contributed by atoms with E-state index < -0.39 is 6.10 Å². The van der Waals surface area contributed by atoms with E-state index in [1.54, 1.807) is 12.1 Å². The van der Waals surface area contributed by atoms with Crippen LogP contribution in [0.1, 0.15) is 38.4 Å². The van der Waals surface area contributed by atoms with E-state index >= 15 is 0 Å². The molecule has 0 saturated heterocycles. The fourth-order valence-electron chi connectivity index (χ4n) is 2.82. The van der Waals surface area contributed by atoms with Crippen LogP contribution in [0.15, 0.2) is 54.6 Å². The average Bonchev–Trinajstić information content (AvgIpc) is 2.55. The van der Waals surface area contributed by atoms with Gasteiger partial charge in [0.1, 0.15) is 5.82 Å². The van der Waals surface area contributed by atoms with E-state index in [4.69, 9.17) is 0 Å². The molecule has 2 rings (SSSR count). The number of halogens is 1. The Morgan fingerprint density at radius 2 is 1.80 bits per heavy atom. The van der Waals surface area contributed by atoms with Crippen molar-refractivity contribution in [3.05, 3.63) is 66.0 Å². The number of anilines is 1. The Morgan fingerprint density at radius 3 is 2.48 bits per heavy atom. The van der Waals surface area contributed by atoms with Crippen LogP contribution >= 0.6 is 0 Å². The molecule has 2 aromatic carbocycles. The maximum Gasteiger partial charge on any atom is 0.225 e. The largest absolute Gasteiger partial charge is 0.388 e. The van der Waals surface area contributed by atoms with Gasteiger partial charge in [0, 0.05) is 24.2 Å². The van der Waals surface area contributed by atoms with Crippen LogP contribution in [0.2, 0.25) is 0 Å². The maximum atomic E-state index is 13.1. The molecule has 134 valence electrons. The van der Waals surface area contributed by atoms with Gasteiger partial charge in [0.25, 0.3) is 0 Å². The van der Waals surface area contributed by atoms with E-state index in [-0.39, 0.29) is 30.2 Å². The fraction of sp³-hybridized carbons (Fsp3) is 0.350. The lowest BCUT2D eigenvalue weighted by Crippen LogP contribution is -2.37. The van der Waals surface area contributed by atoms with Crippen molar-refractivity contribution in [1.29, 1.82) is 0 Å². The molecule has 0 fully saturated rings. The van der Waals surface area contributed by atoms with Crippen molar-refractivity contribution in [1.82, 2.24) is 5.32 Å². The summed E-state index contributed by atoms with van der Waals surface area (Å²) in [4.78, 5) is 12.0. The van der Waals surface area contributed by atoms with E-state index in [0.29, 0.717) is 12.1 Å². The Morgan fingerprint density at radius 1 is 1.08 bits per heavy atom. The predicted octanol–water partition coefficient (Wildman–Crippen LogP) is 3.64. The van der Waals surface area contributed by atoms with Gasteiger partial charge < -0.3 is 15.7 Å². The minimum Gasteiger partial charge on any atom is -0.388 e. The van der Waals surface area contributed by atoms with Gasteiger partial charge in [0.15, 0.2) is 0 Å². The highest BCUT2D eigenvalue weighted by atomic mass is 19.1. The van der Waals surface area contributed by atoms with Gasteiger partial charge in [0.05, 0.1) is 6.10 Å². The van der Waals surface area contributed by atoms with Gasteiger partial charge in [-0.2, -0.15) is 0 Å². The van der Waals surface area contributed by atoms with Gasteiger partial charge >= 0.3 is 0 Å². The number of rotatable bonds is 8. The van der Waals surface area contributed by atoms with Crippen LogP contribution < -0.4 is 10.6 Å². The molecule has 0 radical (unpaired) electrons. The van der Waals surface area contributed by atoms with Crippen molar-refractivity contribution in [2.45, 2.75) is 44.9 Å². The topological polar surface area (TPSA) is 61.4 Å². The Kier molecular flexibility index (Phi) is 7.10. The van der Waals surface area contributed by atoms with E-state index in [2.05, 4.69) is 10.6 Å². The van der Waals surface area contributed by atoms with Crippen molar-refractivity contribution in [3.8, 4) is 0 Å². The van der Waals surface area contributed by atoms with Crippen LogP contribution in [0.5, 0.6) is 0 Å². The quantitative estimate of drug-likeness (QED) is 0.685. The SMILES string of the molecule is CC(CC(=O)Nc1cccc(F)c1)NC(C)CC(O)c1ccccc1. The zero-order valence-electron chi connectivity index (χ0n) is 14.6. The molecule has 2 aromatic rings.